The third-order valence-electron chi connectivity index (χ3n) is 2.38. The summed E-state index contributed by atoms with van der Waals surface area (Å²) >= 11 is 0. The molecule has 20 heavy (non-hydrogen) atoms. The van der Waals surface area contributed by atoms with Crippen molar-refractivity contribution in [2.24, 2.45) is 0 Å². The van der Waals surface area contributed by atoms with Crippen LogP contribution in [0.1, 0.15) is 5.56 Å². The number of pyridine rings is 1. The maximum atomic E-state index is 13.3. The highest BCUT2D eigenvalue weighted by Gasteiger charge is 2.22. The van der Waals surface area contributed by atoms with Crippen LogP contribution in [0, 0.1) is 34.9 Å². The van der Waals surface area contributed by atoms with Gasteiger partial charge in [-0.25, -0.2) is 0 Å². The fraction of sp³-hybridized carbons (Fsp3) is 0.0769. The number of nitrogens with zero attached hydrogens (tertiary/aromatic N) is 2. The number of benzene rings is 1. The van der Waals surface area contributed by atoms with Crippen LogP contribution in [0.25, 0.3) is 0 Å². The highest BCUT2D eigenvalue weighted by Crippen LogP contribution is 2.29. The zero-order valence-electron chi connectivity index (χ0n) is 9.83. The van der Waals surface area contributed by atoms with Gasteiger partial charge in [0.2, 0.25) is 17.4 Å². The molecule has 0 aliphatic heterocycles. The van der Waals surface area contributed by atoms with Gasteiger partial charge in [0, 0.05) is 0 Å². The Morgan fingerprint density at radius 3 is 2.05 bits per heavy atom. The summed E-state index contributed by atoms with van der Waals surface area (Å²) in [7, 11) is 0. The largest absolute Gasteiger partial charge is 0.451 e. The first-order chi connectivity index (χ1) is 9.52. The molecule has 102 valence electrons. The maximum absolute atomic E-state index is 13.3. The van der Waals surface area contributed by atoms with Gasteiger partial charge in [0.25, 0.3) is 11.9 Å². The van der Waals surface area contributed by atoms with E-state index in [2.05, 4.69) is 4.98 Å². The molecular weight excluding hydrogens is 276 g/mol. The highest BCUT2D eigenvalue weighted by molar-refractivity contribution is 5.34. The SMILES string of the molecule is N#CCc1ccc(Oc2c(F)c(F)nc(F)c2F)cc1. The molecule has 0 aliphatic carbocycles. The third kappa shape index (κ3) is 2.69. The fourth-order valence-electron chi connectivity index (χ4n) is 1.44. The normalized spacial score (nSPS) is 10.2. The van der Waals surface area contributed by atoms with Gasteiger partial charge in [-0.1, -0.05) is 12.1 Å². The van der Waals surface area contributed by atoms with Crippen LogP contribution in [0.5, 0.6) is 11.5 Å². The number of hydrogen-bond donors (Lipinski definition) is 0. The van der Waals surface area contributed by atoms with Crippen molar-refractivity contribution in [1.29, 1.82) is 5.26 Å². The van der Waals surface area contributed by atoms with E-state index in [1.54, 1.807) is 0 Å². The fourth-order valence-corrected chi connectivity index (χ4v) is 1.44. The van der Waals surface area contributed by atoms with E-state index in [0.717, 1.165) is 0 Å². The van der Waals surface area contributed by atoms with Crippen LogP contribution in [0.2, 0.25) is 0 Å². The Hall–Kier alpha value is -2.62. The lowest BCUT2D eigenvalue weighted by Crippen LogP contribution is -2.03. The molecule has 0 aliphatic rings. The first-order valence-electron chi connectivity index (χ1n) is 5.36. The Morgan fingerprint density at radius 1 is 1.00 bits per heavy atom. The lowest BCUT2D eigenvalue weighted by atomic mass is 10.2. The quantitative estimate of drug-likeness (QED) is 0.639. The van der Waals surface area contributed by atoms with Gasteiger partial charge in [0.1, 0.15) is 5.75 Å². The lowest BCUT2D eigenvalue weighted by molar-refractivity contribution is 0.343. The number of halogens is 4. The number of hydrogen-bond acceptors (Lipinski definition) is 3. The molecule has 0 amide bonds. The smallest absolute Gasteiger partial charge is 0.255 e. The Balaban J connectivity index is 2.33. The molecule has 0 fully saturated rings. The zero-order valence-corrected chi connectivity index (χ0v) is 9.83. The molecule has 0 saturated carbocycles. The zero-order chi connectivity index (χ0) is 14.7. The van der Waals surface area contributed by atoms with E-state index in [9.17, 15) is 17.6 Å². The van der Waals surface area contributed by atoms with E-state index >= 15 is 0 Å². The Bertz CT molecular complexity index is 654. The molecule has 0 bridgehead atoms. The number of ether oxygens (including phenoxy) is 1. The molecule has 1 aromatic heterocycles. The molecule has 0 N–H and O–H groups in total. The molecule has 0 atom stereocenters. The van der Waals surface area contributed by atoms with Crippen LogP contribution in [-0.4, -0.2) is 4.98 Å². The summed E-state index contributed by atoms with van der Waals surface area (Å²) in [5.41, 5.74) is 0.660. The average molecular weight is 282 g/mol. The van der Waals surface area contributed by atoms with Gasteiger partial charge in [-0.05, 0) is 17.7 Å². The van der Waals surface area contributed by atoms with Gasteiger partial charge in [0.05, 0.1) is 12.5 Å². The van der Waals surface area contributed by atoms with Crippen molar-refractivity contribution in [2.75, 3.05) is 0 Å². The molecule has 0 unspecified atom stereocenters. The van der Waals surface area contributed by atoms with Crippen molar-refractivity contribution >= 4 is 0 Å². The summed E-state index contributed by atoms with van der Waals surface area (Å²) in [4.78, 5) is 2.41. The third-order valence-corrected chi connectivity index (χ3v) is 2.38. The molecule has 2 aromatic rings. The second-order valence-electron chi connectivity index (χ2n) is 3.73. The summed E-state index contributed by atoms with van der Waals surface area (Å²) in [5.74, 6) is -8.26. The summed E-state index contributed by atoms with van der Waals surface area (Å²) in [6, 6.07) is 7.54. The summed E-state index contributed by atoms with van der Waals surface area (Å²) in [5, 5.41) is 8.49. The van der Waals surface area contributed by atoms with E-state index in [1.807, 2.05) is 6.07 Å². The summed E-state index contributed by atoms with van der Waals surface area (Å²) in [6.45, 7) is 0. The highest BCUT2D eigenvalue weighted by atomic mass is 19.2. The molecule has 0 radical (unpaired) electrons. The number of nitriles is 1. The van der Waals surface area contributed by atoms with Crippen molar-refractivity contribution < 1.29 is 22.3 Å². The molecule has 1 heterocycles. The summed E-state index contributed by atoms with van der Waals surface area (Å²) in [6.07, 6.45) is 0.154. The van der Waals surface area contributed by atoms with Crippen molar-refractivity contribution in [3.8, 4) is 17.6 Å². The van der Waals surface area contributed by atoms with Gasteiger partial charge in [-0.15, -0.1) is 0 Å². The van der Waals surface area contributed by atoms with Gasteiger partial charge in [-0.3, -0.25) is 0 Å². The standard InChI is InChI=1S/C13H6F4N2O/c14-9-11(10(15)13(17)19-12(9)16)20-8-3-1-7(2-4-8)5-6-18/h1-4H,5H2. The second kappa shape index (κ2) is 5.57. The molecule has 2 rings (SSSR count). The number of rotatable bonds is 3. The number of aromatic nitrogens is 1. The van der Waals surface area contributed by atoms with Crippen LogP contribution in [0.3, 0.4) is 0 Å². The van der Waals surface area contributed by atoms with Crippen LogP contribution in [0.4, 0.5) is 17.6 Å². The van der Waals surface area contributed by atoms with Crippen LogP contribution < -0.4 is 4.74 Å². The van der Waals surface area contributed by atoms with Gasteiger partial charge in [-0.2, -0.15) is 27.8 Å². The van der Waals surface area contributed by atoms with Crippen molar-refractivity contribution in [2.45, 2.75) is 6.42 Å². The Morgan fingerprint density at radius 2 is 1.55 bits per heavy atom. The lowest BCUT2D eigenvalue weighted by Gasteiger charge is -2.08. The molecule has 7 heteroatoms. The van der Waals surface area contributed by atoms with Crippen molar-refractivity contribution in [3.63, 3.8) is 0 Å². The Labute approximate surface area is 111 Å². The van der Waals surface area contributed by atoms with Gasteiger partial charge in [0.15, 0.2) is 0 Å². The van der Waals surface area contributed by atoms with Crippen molar-refractivity contribution in [1.82, 2.24) is 4.98 Å². The van der Waals surface area contributed by atoms with E-state index in [0.29, 0.717) is 5.56 Å². The molecule has 1 aromatic carbocycles. The summed E-state index contributed by atoms with van der Waals surface area (Å²) < 4.78 is 57.2. The van der Waals surface area contributed by atoms with E-state index in [1.165, 1.54) is 24.3 Å². The van der Waals surface area contributed by atoms with E-state index in [4.69, 9.17) is 10.00 Å². The monoisotopic (exact) mass is 282 g/mol. The first-order valence-corrected chi connectivity index (χ1v) is 5.36. The molecular formula is C13H6F4N2O. The minimum Gasteiger partial charge on any atom is -0.451 e. The Kier molecular flexibility index (Phi) is 3.84. The van der Waals surface area contributed by atoms with Crippen LogP contribution in [-0.2, 0) is 6.42 Å². The first kappa shape index (κ1) is 13.8. The molecule has 0 spiro atoms. The van der Waals surface area contributed by atoms with Crippen molar-refractivity contribution in [3.05, 3.63) is 53.4 Å². The average Bonchev–Trinajstić information content (AvgIpc) is 2.43. The minimum absolute atomic E-state index is 0.0329. The molecule has 3 nitrogen and oxygen atoms in total. The van der Waals surface area contributed by atoms with E-state index < -0.39 is 29.3 Å². The molecule has 0 saturated heterocycles. The van der Waals surface area contributed by atoms with Gasteiger partial charge >= 0.3 is 0 Å². The minimum atomic E-state index is -1.79. The van der Waals surface area contributed by atoms with Crippen LogP contribution >= 0.6 is 0 Å². The predicted molar refractivity (Wildman–Crippen MR) is 59.9 cm³/mol. The second-order valence-corrected chi connectivity index (χ2v) is 3.73. The van der Waals surface area contributed by atoms with Gasteiger partial charge < -0.3 is 4.74 Å². The topological polar surface area (TPSA) is 45.9 Å². The van der Waals surface area contributed by atoms with Crippen LogP contribution in [0.15, 0.2) is 24.3 Å². The maximum Gasteiger partial charge on any atom is 0.255 e. The van der Waals surface area contributed by atoms with E-state index in [-0.39, 0.29) is 12.2 Å². The predicted octanol–water partition coefficient (Wildman–Crippen LogP) is 3.50.